The molecule has 0 amide bonds. The molecular formula is C15H7BrClFO2. The first-order valence-corrected chi connectivity index (χ1v) is 6.90. The summed E-state index contributed by atoms with van der Waals surface area (Å²) in [5.41, 5.74) is 0.498. The van der Waals surface area contributed by atoms with Gasteiger partial charge in [0, 0.05) is 14.9 Å². The van der Waals surface area contributed by atoms with Crippen molar-refractivity contribution in [3.8, 4) is 0 Å². The van der Waals surface area contributed by atoms with E-state index in [2.05, 4.69) is 15.9 Å². The van der Waals surface area contributed by atoms with Crippen LogP contribution in [0.3, 0.4) is 0 Å². The van der Waals surface area contributed by atoms with Gasteiger partial charge in [-0.3, -0.25) is 4.79 Å². The highest BCUT2D eigenvalue weighted by atomic mass is 79.9. The molecule has 0 spiro atoms. The highest BCUT2D eigenvalue weighted by molar-refractivity contribution is 9.10. The molecule has 0 unspecified atom stereocenters. The second kappa shape index (κ2) is 5.04. The Balaban J connectivity index is 2.10. The van der Waals surface area contributed by atoms with Crippen LogP contribution in [-0.2, 0) is 0 Å². The first-order valence-electron chi connectivity index (χ1n) is 5.73. The van der Waals surface area contributed by atoms with E-state index in [1.165, 1.54) is 18.2 Å². The summed E-state index contributed by atoms with van der Waals surface area (Å²) in [5, 5.41) is 1.25. The van der Waals surface area contributed by atoms with Crippen molar-refractivity contribution in [3.63, 3.8) is 0 Å². The zero-order chi connectivity index (χ0) is 14.3. The van der Waals surface area contributed by atoms with Crippen molar-refractivity contribution in [2.24, 2.45) is 0 Å². The molecule has 100 valence electrons. The molecule has 0 saturated heterocycles. The summed E-state index contributed by atoms with van der Waals surface area (Å²) in [6.45, 7) is 0. The Bertz CT molecular complexity index is 826. The first kappa shape index (κ1) is 13.3. The fraction of sp³-hybridized carbons (Fsp3) is 0. The highest BCUT2D eigenvalue weighted by Crippen LogP contribution is 2.26. The van der Waals surface area contributed by atoms with Gasteiger partial charge >= 0.3 is 0 Å². The van der Waals surface area contributed by atoms with Crippen LogP contribution in [0.2, 0.25) is 5.02 Å². The Hall–Kier alpha value is -1.65. The number of fused-ring (bicyclic) bond motifs is 1. The van der Waals surface area contributed by atoms with Gasteiger partial charge in [-0.1, -0.05) is 27.5 Å². The largest absolute Gasteiger partial charge is 0.453 e. The van der Waals surface area contributed by atoms with Crippen LogP contribution in [0.15, 0.2) is 51.4 Å². The summed E-state index contributed by atoms with van der Waals surface area (Å²) >= 11 is 9.09. The van der Waals surface area contributed by atoms with Crippen LogP contribution in [0.5, 0.6) is 0 Å². The molecule has 20 heavy (non-hydrogen) atoms. The van der Waals surface area contributed by atoms with Crippen molar-refractivity contribution < 1.29 is 13.6 Å². The molecule has 1 heterocycles. The Kier molecular flexibility index (Phi) is 3.36. The third kappa shape index (κ3) is 2.37. The molecule has 3 rings (SSSR count). The minimum absolute atomic E-state index is 0.0375. The van der Waals surface area contributed by atoms with Gasteiger partial charge in [0.2, 0.25) is 5.78 Å². The fourth-order valence-corrected chi connectivity index (χ4v) is 2.47. The smallest absolute Gasteiger partial charge is 0.231 e. The topological polar surface area (TPSA) is 30.2 Å². The van der Waals surface area contributed by atoms with Crippen molar-refractivity contribution in [1.82, 2.24) is 0 Å². The monoisotopic (exact) mass is 352 g/mol. The molecule has 0 N–H and O–H groups in total. The van der Waals surface area contributed by atoms with E-state index in [0.29, 0.717) is 20.5 Å². The van der Waals surface area contributed by atoms with Crippen LogP contribution in [0, 0.1) is 5.82 Å². The normalized spacial score (nSPS) is 10.9. The summed E-state index contributed by atoms with van der Waals surface area (Å²) < 4.78 is 19.8. The van der Waals surface area contributed by atoms with Gasteiger partial charge in [-0.25, -0.2) is 4.39 Å². The van der Waals surface area contributed by atoms with Crippen LogP contribution in [0.4, 0.5) is 4.39 Å². The minimum Gasteiger partial charge on any atom is -0.453 e. The summed E-state index contributed by atoms with van der Waals surface area (Å²) in [6, 6.07) is 10.8. The van der Waals surface area contributed by atoms with Crippen LogP contribution in [-0.4, -0.2) is 5.78 Å². The molecule has 5 heteroatoms. The molecule has 0 aliphatic rings. The maximum atomic E-state index is 13.7. The van der Waals surface area contributed by atoms with E-state index >= 15 is 0 Å². The zero-order valence-corrected chi connectivity index (χ0v) is 12.3. The first-order chi connectivity index (χ1) is 9.54. The average Bonchev–Trinajstić information content (AvgIpc) is 2.83. The molecule has 0 aliphatic carbocycles. The number of halogens is 3. The van der Waals surface area contributed by atoms with Crippen LogP contribution >= 0.6 is 27.5 Å². The third-order valence-electron chi connectivity index (χ3n) is 2.88. The number of furan rings is 1. The van der Waals surface area contributed by atoms with Crippen molar-refractivity contribution in [2.75, 3.05) is 0 Å². The molecule has 3 aromatic rings. The fourth-order valence-electron chi connectivity index (χ4n) is 1.93. The summed E-state index contributed by atoms with van der Waals surface area (Å²) in [7, 11) is 0. The lowest BCUT2D eigenvalue weighted by Crippen LogP contribution is -2.02. The van der Waals surface area contributed by atoms with Gasteiger partial charge in [0.05, 0.1) is 5.56 Å². The second-order valence-corrected chi connectivity index (χ2v) is 5.60. The van der Waals surface area contributed by atoms with Crippen molar-refractivity contribution in [1.29, 1.82) is 0 Å². The third-order valence-corrected chi connectivity index (χ3v) is 3.60. The van der Waals surface area contributed by atoms with Gasteiger partial charge < -0.3 is 4.42 Å². The summed E-state index contributed by atoms with van der Waals surface area (Å²) in [6.07, 6.45) is 0. The maximum Gasteiger partial charge on any atom is 0.231 e. The predicted molar refractivity (Wildman–Crippen MR) is 78.8 cm³/mol. The standard InChI is InChI=1S/C15H7BrClFO2/c16-9-1-3-12(18)11(7-9)15(19)14-6-8-5-10(17)2-4-13(8)20-14/h1-7H. The van der Waals surface area contributed by atoms with Gasteiger partial charge in [0.15, 0.2) is 5.76 Å². The van der Waals surface area contributed by atoms with E-state index in [-0.39, 0.29) is 11.3 Å². The Morgan fingerprint density at radius 2 is 1.95 bits per heavy atom. The summed E-state index contributed by atoms with van der Waals surface area (Å²) in [5.74, 6) is -1.01. The number of hydrogen-bond acceptors (Lipinski definition) is 2. The SMILES string of the molecule is O=C(c1cc2cc(Cl)ccc2o1)c1cc(Br)ccc1F. The second-order valence-electron chi connectivity index (χ2n) is 4.25. The quantitative estimate of drug-likeness (QED) is 0.591. The Labute approximate surface area is 127 Å². The van der Waals surface area contributed by atoms with Gasteiger partial charge in [0.1, 0.15) is 11.4 Å². The average molecular weight is 354 g/mol. The zero-order valence-electron chi connectivity index (χ0n) is 9.99. The molecular weight excluding hydrogens is 347 g/mol. The van der Waals surface area contributed by atoms with E-state index in [4.69, 9.17) is 16.0 Å². The van der Waals surface area contributed by atoms with E-state index in [0.717, 1.165) is 0 Å². The Morgan fingerprint density at radius 3 is 2.75 bits per heavy atom. The number of hydrogen-bond donors (Lipinski definition) is 0. The van der Waals surface area contributed by atoms with Gasteiger partial charge in [-0.15, -0.1) is 0 Å². The van der Waals surface area contributed by atoms with E-state index in [1.807, 2.05) is 0 Å². The van der Waals surface area contributed by atoms with Crippen LogP contribution < -0.4 is 0 Å². The van der Waals surface area contributed by atoms with Gasteiger partial charge in [-0.2, -0.15) is 0 Å². The lowest BCUT2D eigenvalue weighted by Gasteiger charge is -2.00. The molecule has 2 nitrogen and oxygen atoms in total. The predicted octanol–water partition coefficient (Wildman–Crippen LogP) is 5.22. The van der Waals surface area contributed by atoms with Crippen LogP contribution in [0.1, 0.15) is 16.1 Å². The Morgan fingerprint density at radius 1 is 1.15 bits per heavy atom. The van der Waals surface area contributed by atoms with Gasteiger partial charge in [0.25, 0.3) is 0 Å². The minimum atomic E-state index is -0.586. The maximum absolute atomic E-state index is 13.7. The number of benzene rings is 2. The lowest BCUT2D eigenvalue weighted by atomic mass is 10.1. The number of ketones is 1. The van der Waals surface area contributed by atoms with Crippen molar-refractivity contribution in [2.45, 2.75) is 0 Å². The molecule has 0 saturated carbocycles. The van der Waals surface area contributed by atoms with Crippen molar-refractivity contribution in [3.05, 3.63) is 69.1 Å². The number of carbonyl (C=O) groups excluding carboxylic acids is 1. The molecule has 0 bridgehead atoms. The number of rotatable bonds is 2. The van der Waals surface area contributed by atoms with Crippen LogP contribution in [0.25, 0.3) is 11.0 Å². The van der Waals surface area contributed by atoms with E-state index in [9.17, 15) is 9.18 Å². The molecule has 0 aliphatic heterocycles. The van der Waals surface area contributed by atoms with E-state index in [1.54, 1.807) is 24.3 Å². The van der Waals surface area contributed by atoms with Crippen molar-refractivity contribution >= 4 is 44.3 Å². The molecule has 2 aromatic carbocycles. The molecule has 1 aromatic heterocycles. The van der Waals surface area contributed by atoms with Gasteiger partial charge in [-0.05, 0) is 42.5 Å². The molecule has 0 radical (unpaired) electrons. The lowest BCUT2D eigenvalue weighted by molar-refractivity contribution is 0.101. The summed E-state index contributed by atoms with van der Waals surface area (Å²) in [4.78, 5) is 12.3. The highest BCUT2D eigenvalue weighted by Gasteiger charge is 2.18. The molecule has 0 fully saturated rings. The number of carbonyl (C=O) groups is 1. The van der Waals surface area contributed by atoms with E-state index < -0.39 is 11.6 Å². The molecule has 0 atom stereocenters.